The van der Waals surface area contributed by atoms with Crippen molar-refractivity contribution in [2.24, 2.45) is 0 Å². The van der Waals surface area contributed by atoms with Gasteiger partial charge in [-0.25, -0.2) is 0 Å². The van der Waals surface area contributed by atoms with Crippen LogP contribution in [0.2, 0.25) is 0 Å². The van der Waals surface area contributed by atoms with Gasteiger partial charge in [-0.05, 0) is 49.5 Å². The number of likely N-dealkylation sites (tertiary alicyclic amines) is 1. The summed E-state index contributed by atoms with van der Waals surface area (Å²) in [5.74, 6) is 0.0799. The molecule has 1 heterocycles. The van der Waals surface area contributed by atoms with E-state index in [9.17, 15) is 4.79 Å². The monoisotopic (exact) mass is 337 g/mol. The second-order valence-electron chi connectivity index (χ2n) is 6.74. The van der Waals surface area contributed by atoms with E-state index in [0.29, 0.717) is 12.8 Å². The molecule has 0 radical (unpaired) electrons. The average molecular weight is 337 g/mol. The van der Waals surface area contributed by atoms with Gasteiger partial charge in [-0.1, -0.05) is 48.5 Å². The van der Waals surface area contributed by atoms with Crippen LogP contribution in [0.3, 0.4) is 0 Å². The highest BCUT2D eigenvalue weighted by atomic mass is 16.1. The zero-order valence-electron chi connectivity index (χ0n) is 14.7. The lowest BCUT2D eigenvalue weighted by atomic mass is 10.0. The molecule has 0 aliphatic carbocycles. The summed E-state index contributed by atoms with van der Waals surface area (Å²) in [4.78, 5) is 15.0. The van der Waals surface area contributed by atoms with Crippen LogP contribution in [0.15, 0.2) is 54.6 Å². The van der Waals surface area contributed by atoms with Gasteiger partial charge in [-0.3, -0.25) is 4.79 Å². The average Bonchev–Trinajstić information content (AvgIpc) is 3.14. The molecule has 3 rings (SSSR count). The minimum absolute atomic E-state index is 0.0416. The van der Waals surface area contributed by atoms with Crippen molar-refractivity contribution in [1.29, 1.82) is 0 Å². The highest BCUT2D eigenvalue weighted by molar-refractivity contribution is 5.77. The summed E-state index contributed by atoms with van der Waals surface area (Å²) in [6.45, 7) is 3.13. The molecule has 1 unspecified atom stereocenters. The number of nitrogens with zero attached hydrogens (tertiary/aromatic N) is 1. The quantitative estimate of drug-likeness (QED) is 0.763. The van der Waals surface area contributed by atoms with E-state index >= 15 is 0 Å². The van der Waals surface area contributed by atoms with Crippen molar-refractivity contribution in [3.8, 4) is 0 Å². The highest BCUT2D eigenvalue weighted by Gasteiger charge is 2.20. The Bertz CT molecular complexity index is 681. The molecule has 132 valence electrons. The lowest BCUT2D eigenvalue weighted by Gasteiger charge is -2.25. The Hall–Kier alpha value is -2.33. The number of rotatable bonds is 7. The van der Waals surface area contributed by atoms with Gasteiger partial charge in [0.25, 0.3) is 0 Å². The van der Waals surface area contributed by atoms with Crippen molar-refractivity contribution in [3.05, 3.63) is 65.7 Å². The van der Waals surface area contributed by atoms with Crippen molar-refractivity contribution < 1.29 is 4.79 Å². The van der Waals surface area contributed by atoms with E-state index in [0.717, 1.165) is 30.9 Å². The highest BCUT2D eigenvalue weighted by Crippen LogP contribution is 2.18. The number of nitrogens with one attached hydrogen (secondary N) is 1. The first kappa shape index (κ1) is 17.5. The van der Waals surface area contributed by atoms with Crippen LogP contribution < -0.4 is 11.1 Å². The van der Waals surface area contributed by atoms with Gasteiger partial charge in [0.1, 0.15) is 0 Å². The van der Waals surface area contributed by atoms with Crippen LogP contribution in [0.4, 0.5) is 5.69 Å². The molecule has 0 spiro atoms. The van der Waals surface area contributed by atoms with Gasteiger partial charge < -0.3 is 16.0 Å². The zero-order chi connectivity index (χ0) is 17.5. The number of carbonyl (C=O) groups is 1. The first-order chi connectivity index (χ1) is 12.2. The summed E-state index contributed by atoms with van der Waals surface area (Å²) in [6.07, 6.45) is 3.63. The van der Waals surface area contributed by atoms with Gasteiger partial charge in [0.15, 0.2) is 0 Å². The standard InChI is InChI=1S/C21H27N3O/c22-19-11-5-4-8-17(19)12-13-21(25)23-20(16-24-14-6-7-15-24)18-9-2-1-3-10-18/h1-5,8-11,20H,6-7,12-16,22H2,(H,23,25). The molecule has 1 atom stereocenters. The number of aryl methyl sites for hydroxylation is 1. The van der Waals surface area contributed by atoms with Gasteiger partial charge in [0.2, 0.25) is 5.91 Å². The molecule has 1 saturated heterocycles. The second kappa shape index (κ2) is 8.67. The minimum Gasteiger partial charge on any atom is -0.399 e. The molecule has 1 fully saturated rings. The largest absolute Gasteiger partial charge is 0.399 e. The van der Waals surface area contributed by atoms with E-state index < -0.39 is 0 Å². The molecule has 2 aromatic rings. The van der Waals surface area contributed by atoms with Crippen LogP contribution in [-0.2, 0) is 11.2 Å². The van der Waals surface area contributed by atoms with Crippen molar-refractivity contribution in [2.75, 3.05) is 25.4 Å². The Morgan fingerprint density at radius 2 is 1.72 bits per heavy atom. The number of para-hydroxylation sites is 1. The van der Waals surface area contributed by atoms with Gasteiger partial charge in [-0.15, -0.1) is 0 Å². The number of hydrogen-bond acceptors (Lipinski definition) is 3. The van der Waals surface area contributed by atoms with Crippen LogP contribution in [0.1, 0.15) is 36.4 Å². The molecule has 1 aliphatic heterocycles. The molecule has 0 aromatic heterocycles. The fraction of sp³-hybridized carbons (Fsp3) is 0.381. The van der Waals surface area contributed by atoms with Crippen LogP contribution in [0, 0.1) is 0 Å². The number of anilines is 1. The SMILES string of the molecule is Nc1ccccc1CCC(=O)NC(CN1CCCC1)c1ccccc1. The minimum atomic E-state index is 0.0416. The Labute approximate surface area is 150 Å². The van der Waals surface area contributed by atoms with Crippen molar-refractivity contribution in [1.82, 2.24) is 10.2 Å². The van der Waals surface area contributed by atoms with E-state index in [4.69, 9.17) is 5.73 Å². The lowest BCUT2D eigenvalue weighted by Crippen LogP contribution is -2.37. The summed E-state index contributed by atoms with van der Waals surface area (Å²) in [5.41, 5.74) is 8.93. The Morgan fingerprint density at radius 3 is 2.44 bits per heavy atom. The van der Waals surface area contributed by atoms with Gasteiger partial charge in [-0.2, -0.15) is 0 Å². The number of nitrogen functional groups attached to an aromatic ring is 1. The third kappa shape index (κ3) is 5.07. The first-order valence-corrected chi connectivity index (χ1v) is 9.12. The molecule has 3 N–H and O–H groups in total. The maximum absolute atomic E-state index is 12.5. The first-order valence-electron chi connectivity index (χ1n) is 9.12. The molecule has 0 saturated carbocycles. The fourth-order valence-corrected chi connectivity index (χ4v) is 3.42. The second-order valence-corrected chi connectivity index (χ2v) is 6.74. The summed E-state index contributed by atoms with van der Waals surface area (Å²) in [7, 11) is 0. The maximum Gasteiger partial charge on any atom is 0.220 e. The number of carbonyl (C=O) groups excluding carboxylic acids is 1. The molecular weight excluding hydrogens is 310 g/mol. The van der Waals surface area contributed by atoms with E-state index in [1.807, 2.05) is 42.5 Å². The predicted octanol–water partition coefficient (Wildman–Crippen LogP) is 3.15. The molecule has 1 amide bonds. The Balaban J connectivity index is 1.60. The van der Waals surface area contributed by atoms with Crippen LogP contribution in [0.5, 0.6) is 0 Å². The number of nitrogens with two attached hydrogens (primary N) is 1. The predicted molar refractivity (Wildman–Crippen MR) is 102 cm³/mol. The van der Waals surface area contributed by atoms with Crippen molar-refractivity contribution >= 4 is 11.6 Å². The molecule has 2 aromatic carbocycles. The maximum atomic E-state index is 12.5. The third-order valence-electron chi connectivity index (χ3n) is 4.85. The summed E-state index contributed by atoms with van der Waals surface area (Å²) in [6, 6.07) is 18.0. The van der Waals surface area contributed by atoms with E-state index in [1.165, 1.54) is 18.4 Å². The van der Waals surface area contributed by atoms with Gasteiger partial charge in [0, 0.05) is 18.7 Å². The lowest BCUT2D eigenvalue weighted by molar-refractivity contribution is -0.121. The van der Waals surface area contributed by atoms with E-state index in [-0.39, 0.29) is 11.9 Å². The van der Waals surface area contributed by atoms with Crippen molar-refractivity contribution in [3.63, 3.8) is 0 Å². The molecule has 0 bridgehead atoms. The molecule has 4 heteroatoms. The smallest absolute Gasteiger partial charge is 0.220 e. The van der Waals surface area contributed by atoms with Gasteiger partial charge >= 0.3 is 0 Å². The van der Waals surface area contributed by atoms with Crippen molar-refractivity contribution in [2.45, 2.75) is 31.7 Å². The van der Waals surface area contributed by atoms with Crippen LogP contribution in [0.25, 0.3) is 0 Å². The van der Waals surface area contributed by atoms with Gasteiger partial charge in [0.05, 0.1) is 6.04 Å². The normalized spacial score (nSPS) is 15.8. The van der Waals surface area contributed by atoms with E-state index in [1.54, 1.807) is 0 Å². The van der Waals surface area contributed by atoms with Crippen LogP contribution >= 0.6 is 0 Å². The number of amides is 1. The Morgan fingerprint density at radius 1 is 1.04 bits per heavy atom. The number of benzene rings is 2. The molecule has 1 aliphatic rings. The zero-order valence-corrected chi connectivity index (χ0v) is 14.7. The Kier molecular flexibility index (Phi) is 6.07. The summed E-state index contributed by atoms with van der Waals surface area (Å²) in [5, 5.41) is 3.23. The number of hydrogen-bond donors (Lipinski definition) is 2. The molecular formula is C21H27N3O. The molecule has 25 heavy (non-hydrogen) atoms. The topological polar surface area (TPSA) is 58.4 Å². The van der Waals surface area contributed by atoms with E-state index in [2.05, 4.69) is 22.3 Å². The molecule has 4 nitrogen and oxygen atoms in total. The summed E-state index contributed by atoms with van der Waals surface area (Å²) >= 11 is 0. The fourth-order valence-electron chi connectivity index (χ4n) is 3.42. The summed E-state index contributed by atoms with van der Waals surface area (Å²) < 4.78 is 0. The third-order valence-corrected chi connectivity index (χ3v) is 4.85. The van der Waals surface area contributed by atoms with Crippen LogP contribution in [-0.4, -0.2) is 30.4 Å².